The van der Waals surface area contributed by atoms with Gasteiger partial charge >= 0.3 is 0 Å². The lowest BCUT2D eigenvalue weighted by Crippen LogP contribution is -2.43. The van der Waals surface area contributed by atoms with Gasteiger partial charge in [0, 0.05) is 26.3 Å². The van der Waals surface area contributed by atoms with Crippen molar-refractivity contribution in [2.75, 3.05) is 26.3 Å². The molecule has 132 valence electrons. The monoisotopic (exact) mass is 335 g/mol. The summed E-state index contributed by atoms with van der Waals surface area (Å²) < 4.78 is 24.0. The third-order valence-electron chi connectivity index (χ3n) is 4.98. The number of halogens is 1. The molecule has 3 rings (SSSR count). The first-order chi connectivity index (χ1) is 11.7. The van der Waals surface area contributed by atoms with Crippen molar-refractivity contribution in [2.45, 2.75) is 44.8 Å². The highest BCUT2D eigenvalue weighted by Crippen LogP contribution is 2.23. The van der Waals surface area contributed by atoms with Crippen molar-refractivity contribution in [3.05, 3.63) is 35.6 Å². The number of piperidine rings is 1. The molecule has 0 aromatic heterocycles. The number of ether oxygens (including phenoxy) is 2. The highest BCUT2D eigenvalue weighted by molar-refractivity contribution is 5.81. The number of likely N-dealkylation sites (tertiary alicyclic amines) is 1. The van der Waals surface area contributed by atoms with Crippen LogP contribution in [0.15, 0.2) is 24.3 Å². The van der Waals surface area contributed by atoms with Gasteiger partial charge in [0.25, 0.3) is 5.91 Å². The number of nitrogens with zero attached hydrogens (tertiary/aromatic N) is 1. The molecule has 0 saturated carbocycles. The molecule has 1 atom stereocenters. The van der Waals surface area contributed by atoms with Crippen molar-refractivity contribution in [2.24, 2.45) is 5.92 Å². The summed E-state index contributed by atoms with van der Waals surface area (Å²) in [5, 5.41) is 0. The van der Waals surface area contributed by atoms with Gasteiger partial charge < -0.3 is 14.4 Å². The zero-order chi connectivity index (χ0) is 16.8. The van der Waals surface area contributed by atoms with E-state index in [1.54, 1.807) is 12.1 Å². The Hall–Kier alpha value is -1.46. The van der Waals surface area contributed by atoms with E-state index >= 15 is 0 Å². The molecule has 0 radical (unpaired) electrons. The molecule has 0 N–H and O–H groups in total. The van der Waals surface area contributed by atoms with E-state index in [2.05, 4.69) is 0 Å². The van der Waals surface area contributed by atoms with Crippen LogP contribution < -0.4 is 0 Å². The number of hydrogen-bond donors (Lipinski definition) is 0. The zero-order valence-corrected chi connectivity index (χ0v) is 14.1. The Balaban J connectivity index is 1.31. The van der Waals surface area contributed by atoms with Gasteiger partial charge in [0.1, 0.15) is 11.9 Å². The lowest BCUT2D eigenvalue weighted by atomic mass is 9.93. The van der Waals surface area contributed by atoms with Crippen molar-refractivity contribution in [3.8, 4) is 0 Å². The molecule has 2 fully saturated rings. The van der Waals surface area contributed by atoms with E-state index in [0.717, 1.165) is 57.4 Å². The molecule has 2 saturated heterocycles. The molecule has 1 unspecified atom stereocenters. The Morgan fingerprint density at radius 1 is 1.21 bits per heavy atom. The van der Waals surface area contributed by atoms with Gasteiger partial charge in [-0.2, -0.15) is 0 Å². The zero-order valence-electron chi connectivity index (χ0n) is 14.1. The quantitative estimate of drug-likeness (QED) is 0.750. The average Bonchev–Trinajstić information content (AvgIpc) is 3.15. The number of carbonyl (C=O) groups excluding carboxylic acids is 1. The Labute approximate surface area is 142 Å². The van der Waals surface area contributed by atoms with Crippen molar-refractivity contribution >= 4 is 5.91 Å². The summed E-state index contributed by atoms with van der Waals surface area (Å²) in [6.45, 7) is 3.62. The summed E-state index contributed by atoms with van der Waals surface area (Å²) in [6.07, 6.45) is 4.77. The highest BCUT2D eigenvalue weighted by Gasteiger charge is 2.30. The fourth-order valence-corrected chi connectivity index (χ4v) is 3.44. The summed E-state index contributed by atoms with van der Waals surface area (Å²) >= 11 is 0. The summed E-state index contributed by atoms with van der Waals surface area (Å²) in [4.78, 5) is 14.3. The standard InChI is InChI=1S/C19H26FNO3/c20-17-5-3-16(4-6-17)14-23-13-9-15-7-10-21(11-8-15)19(22)18-2-1-12-24-18/h3-6,15,18H,1-2,7-14H2. The maximum atomic E-state index is 12.8. The first-order valence-electron chi connectivity index (χ1n) is 8.95. The summed E-state index contributed by atoms with van der Waals surface area (Å²) in [7, 11) is 0. The van der Waals surface area contributed by atoms with Crippen molar-refractivity contribution in [1.82, 2.24) is 4.90 Å². The minimum atomic E-state index is -0.219. The van der Waals surface area contributed by atoms with Crippen molar-refractivity contribution in [3.63, 3.8) is 0 Å². The second kappa shape index (κ2) is 8.58. The SMILES string of the molecule is O=C(C1CCCO1)N1CCC(CCOCc2ccc(F)cc2)CC1. The lowest BCUT2D eigenvalue weighted by Gasteiger charge is -2.33. The van der Waals surface area contributed by atoms with Gasteiger partial charge in [0.15, 0.2) is 0 Å². The van der Waals surface area contributed by atoms with E-state index in [0.29, 0.717) is 19.1 Å². The Morgan fingerprint density at radius 3 is 2.62 bits per heavy atom. The van der Waals surface area contributed by atoms with E-state index in [-0.39, 0.29) is 17.8 Å². The van der Waals surface area contributed by atoms with Gasteiger partial charge in [-0.15, -0.1) is 0 Å². The molecule has 0 aliphatic carbocycles. The van der Waals surface area contributed by atoms with Gasteiger partial charge in [0.05, 0.1) is 6.61 Å². The predicted molar refractivity (Wildman–Crippen MR) is 89.0 cm³/mol. The van der Waals surface area contributed by atoms with Gasteiger partial charge in [0.2, 0.25) is 0 Å². The number of rotatable bonds is 6. The van der Waals surface area contributed by atoms with E-state index in [1.165, 1.54) is 12.1 Å². The van der Waals surface area contributed by atoms with Gasteiger partial charge in [-0.3, -0.25) is 4.79 Å². The predicted octanol–water partition coefficient (Wildman–Crippen LogP) is 3.15. The molecular formula is C19H26FNO3. The Bertz CT molecular complexity index is 520. The molecule has 4 nitrogen and oxygen atoms in total. The second-order valence-electron chi connectivity index (χ2n) is 6.74. The van der Waals surface area contributed by atoms with E-state index in [4.69, 9.17) is 9.47 Å². The summed E-state index contributed by atoms with van der Waals surface area (Å²) in [5.74, 6) is 0.577. The topological polar surface area (TPSA) is 38.8 Å². The minimum absolute atomic E-state index is 0.179. The number of benzene rings is 1. The second-order valence-corrected chi connectivity index (χ2v) is 6.74. The van der Waals surface area contributed by atoms with Crippen LogP contribution in [0.2, 0.25) is 0 Å². The smallest absolute Gasteiger partial charge is 0.251 e. The van der Waals surface area contributed by atoms with Crippen LogP contribution in [0.3, 0.4) is 0 Å². The number of carbonyl (C=O) groups is 1. The van der Waals surface area contributed by atoms with E-state index in [1.807, 2.05) is 4.90 Å². The lowest BCUT2D eigenvalue weighted by molar-refractivity contribution is -0.142. The molecule has 2 aliphatic heterocycles. The molecular weight excluding hydrogens is 309 g/mol. The number of hydrogen-bond acceptors (Lipinski definition) is 3. The minimum Gasteiger partial charge on any atom is -0.377 e. The fraction of sp³-hybridized carbons (Fsp3) is 0.632. The maximum Gasteiger partial charge on any atom is 0.251 e. The van der Waals surface area contributed by atoms with Crippen LogP contribution in [0, 0.1) is 11.7 Å². The fourth-order valence-electron chi connectivity index (χ4n) is 3.44. The molecule has 2 aliphatic rings. The first kappa shape index (κ1) is 17.4. The molecule has 0 bridgehead atoms. The molecule has 1 aromatic carbocycles. The van der Waals surface area contributed by atoms with Crippen LogP contribution in [-0.4, -0.2) is 43.2 Å². The molecule has 0 spiro atoms. The Kier molecular flexibility index (Phi) is 6.21. The highest BCUT2D eigenvalue weighted by atomic mass is 19.1. The maximum absolute atomic E-state index is 12.8. The van der Waals surface area contributed by atoms with Crippen LogP contribution in [-0.2, 0) is 20.9 Å². The Morgan fingerprint density at radius 2 is 1.96 bits per heavy atom. The van der Waals surface area contributed by atoms with Crippen LogP contribution >= 0.6 is 0 Å². The summed E-state index contributed by atoms with van der Waals surface area (Å²) in [5.41, 5.74) is 0.994. The summed E-state index contributed by atoms with van der Waals surface area (Å²) in [6, 6.07) is 6.42. The third kappa shape index (κ3) is 4.77. The molecule has 2 heterocycles. The van der Waals surface area contributed by atoms with Gasteiger partial charge in [-0.25, -0.2) is 4.39 Å². The normalized spacial score (nSPS) is 22.0. The van der Waals surface area contributed by atoms with Crippen molar-refractivity contribution < 1.29 is 18.7 Å². The first-order valence-corrected chi connectivity index (χ1v) is 8.95. The van der Waals surface area contributed by atoms with Crippen LogP contribution in [0.5, 0.6) is 0 Å². The molecule has 24 heavy (non-hydrogen) atoms. The van der Waals surface area contributed by atoms with E-state index < -0.39 is 0 Å². The van der Waals surface area contributed by atoms with Crippen LogP contribution in [0.4, 0.5) is 4.39 Å². The van der Waals surface area contributed by atoms with Crippen LogP contribution in [0.25, 0.3) is 0 Å². The molecule has 1 amide bonds. The van der Waals surface area contributed by atoms with Crippen molar-refractivity contribution in [1.29, 1.82) is 0 Å². The number of amides is 1. The van der Waals surface area contributed by atoms with Gasteiger partial charge in [-0.1, -0.05) is 12.1 Å². The molecule has 1 aromatic rings. The molecule has 5 heteroatoms. The van der Waals surface area contributed by atoms with Crippen LogP contribution in [0.1, 0.15) is 37.7 Å². The third-order valence-corrected chi connectivity index (χ3v) is 4.98. The van der Waals surface area contributed by atoms with E-state index in [9.17, 15) is 9.18 Å². The van der Waals surface area contributed by atoms with Gasteiger partial charge in [-0.05, 0) is 55.7 Å². The average molecular weight is 335 g/mol. The largest absolute Gasteiger partial charge is 0.377 e.